The van der Waals surface area contributed by atoms with Gasteiger partial charge >= 0.3 is 6.01 Å². The first-order chi connectivity index (χ1) is 7.33. The van der Waals surface area contributed by atoms with Gasteiger partial charge in [-0.2, -0.15) is 0 Å². The van der Waals surface area contributed by atoms with E-state index in [4.69, 9.17) is 15.3 Å². The molecule has 0 bridgehead atoms. The highest BCUT2D eigenvalue weighted by molar-refractivity contribution is 5.26. The van der Waals surface area contributed by atoms with Crippen molar-refractivity contribution in [2.45, 2.75) is 19.4 Å². The number of anilines is 1. The van der Waals surface area contributed by atoms with Crippen LogP contribution >= 0.6 is 0 Å². The van der Waals surface area contributed by atoms with Crippen LogP contribution in [0.3, 0.4) is 0 Å². The Labute approximate surface area is 88.1 Å². The minimum absolute atomic E-state index is 0.246. The second-order valence-electron chi connectivity index (χ2n) is 3.80. The number of aliphatic hydroxyl groups excluding tert-OH is 1. The Kier molecular flexibility index (Phi) is 3.17. The molecule has 6 nitrogen and oxygen atoms in total. The molecule has 3 N–H and O–H groups in total. The van der Waals surface area contributed by atoms with Gasteiger partial charge in [-0.1, -0.05) is 5.10 Å². The molecule has 6 heteroatoms. The molecule has 84 valence electrons. The van der Waals surface area contributed by atoms with Gasteiger partial charge in [0.25, 0.3) is 0 Å². The van der Waals surface area contributed by atoms with Crippen molar-refractivity contribution < 1.29 is 9.52 Å². The number of aliphatic hydroxyl groups is 1. The second-order valence-corrected chi connectivity index (χ2v) is 3.80. The fraction of sp³-hybridized carbons (Fsp3) is 0.778. The van der Waals surface area contributed by atoms with Crippen molar-refractivity contribution in [3.05, 3.63) is 5.89 Å². The van der Waals surface area contributed by atoms with Crippen LogP contribution in [0.5, 0.6) is 0 Å². The fourth-order valence-corrected chi connectivity index (χ4v) is 1.88. The third kappa shape index (κ3) is 2.27. The zero-order valence-electron chi connectivity index (χ0n) is 8.59. The lowest BCUT2D eigenvalue weighted by Gasteiger charge is -2.12. The van der Waals surface area contributed by atoms with Crippen LogP contribution in [0.25, 0.3) is 0 Å². The standard InChI is InChI=1S/C9H16N4O2/c10-5-8-11-12-9(15-8)13-3-1-7(6-13)2-4-14/h7,14H,1-6,10H2. The smallest absolute Gasteiger partial charge is 0.318 e. The Morgan fingerprint density at radius 2 is 2.40 bits per heavy atom. The maximum atomic E-state index is 8.84. The molecule has 2 rings (SSSR count). The molecule has 0 aromatic carbocycles. The first-order valence-corrected chi connectivity index (χ1v) is 5.21. The Hall–Kier alpha value is -1.14. The summed E-state index contributed by atoms with van der Waals surface area (Å²) in [5.74, 6) is 0.999. The lowest BCUT2D eigenvalue weighted by atomic mass is 10.1. The zero-order chi connectivity index (χ0) is 10.7. The zero-order valence-corrected chi connectivity index (χ0v) is 8.59. The van der Waals surface area contributed by atoms with Gasteiger partial charge in [0.05, 0.1) is 6.54 Å². The van der Waals surface area contributed by atoms with Gasteiger partial charge in [-0.15, -0.1) is 5.10 Å². The molecule has 1 aromatic rings. The summed E-state index contributed by atoms with van der Waals surface area (Å²) in [4.78, 5) is 2.05. The summed E-state index contributed by atoms with van der Waals surface area (Å²) in [5, 5.41) is 16.6. The van der Waals surface area contributed by atoms with Crippen LogP contribution in [-0.2, 0) is 6.54 Å². The summed E-state index contributed by atoms with van der Waals surface area (Å²) in [6.07, 6.45) is 1.91. The van der Waals surface area contributed by atoms with Crippen molar-refractivity contribution in [2.75, 3.05) is 24.6 Å². The third-order valence-electron chi connectivity index (χ3n) is 2.72. The van der Waals surface area contributed by atoms with E-state index in [1.807, 2.05) is 4.90 Å². The van der Waals surface area contributed by atoms with Gasteiger partial charge < -0.3 is 20.2 Å². The Morgan fingerprint density at radius 3 is 3.07 bits per heavy atom. The van der Waals surface area contributed by atoms with Gasteiger partial charge in [-0.25, -0.2) is 0 Å². The summed E-state index contributed by atoms with van der Waals surface area (Å²) in [6, 6.07) is 0.552. The minimum Gasteiger partial charge on any atom is -0.407 e. The molecule has 1 aliphatic heterocycles. The van der Waals surface area contributed by atoms with Crippen LogP contribution in [0.15, 0.2) is 4.42 Å². The van der Waals surface area contributed by atoms with Crippen molar-refractivity contribution in [3.8, 4) is 0 Å². The molecule has 1 unspecified atom stereocenters. The predicted octanol–water partition coefficient (Wildman–Crippen LogP) is -0.263. The molecule has 1 fully saturated rings. The average molecular weight is 212 g/mol. The van der Waals surface area contributed by atoms with E-state index in [0.717, 1.165) is 25.9 Å². The second kappa shape index (κ2) is 4.59. The predicted molar refractivity (Wildman–Crippen MR) is 54.2 cm³/mol. The summed E-state index contributed by atoms with van der Waals surface area (Å²) in [6.45, 7) is 2.32. The van der Waals surface area contributed by atoms with E-state index in [1.165, 1.54) is 0 Å². The molecular formula is C9H16N4O2. The summed E-state index contributed by atoms with van der Waals surface area (Å²) >= 11 is 0. The quantitative estimate of drug-likeness (QED) is 0.714. The number of hydrogen-bond donors (Lipinski definition) is 2. The van der Waals surface area contributed by atoms with E-state index in [2.05, 4.69) is 10.2 Å². The Balaban J connectivity index is 1.95. The van der Waals surface area contributed by atoms with E-state index in [9.17, 15) is 0 Å². The Morgan fingerprint density at radius 1 is 1.53 bits per heavy atom. The molecule has 0 radical (unpaired) electrons. The van der Waals surface area contributed by atoms with E-state index in [1.54, 1.807) is 0 Å². The summed E-state index contributed by atoms with van der Waals surface area (Å²) < 4.78 is 5.36. The van der Waals surface area contributed by atoms with Crippen molar-refractivity contribution in [1.29, 1.82) is 0 Å². The lowest BCUT2D eigenvalue weighted by Crippen LogP contribution is -2.20. The van der Waals surface area contributed by atoms with Crippen LogP contribution < -0.4 is 10.6 Å². The maximum Gasteiger partial charge on any atom is 0.318 e. The van der Waals surface area contributed by atoms with E-state index < -0.39 is 0 Å². The van der Waals surface area contributed by atoms with E-state index in [0.29, 0.717) is 17.8 Å². The van der Waals surface area contributed by atoms with Gasteiger partial charge in [0, 0.05) is 19.7 Å². The first-order valence-electron chi connectivity index (χ1n) is 5.21. The highest BCUT2D eigenvalue weighted by atomic mass is 16.4. The number of rotatable bonds is 4. The SMILES string of the molecule is NCc1nnc(N2CCC(CCO)C2)o1. The molecule has 0 spiro atoms. The van der Waals surface area contributed by atoms with Gasteiger partial charge in [-0.3, -0.25) is 0 Å². The molecule has 15 heavy (non-hydrogen) atoms. The van der Waals surface area contributed by atoms with Crippen LogP contribution in [0.2, 0.25) is 0 Å². The van der Waals surface area contributed by atoms with Crippen molar-refractivity contribution in [1.82, 2.24) is 10.2 Å². The van der Waals surface area contributed by atoms with Crippen LogP contribution in [-0.4, -0.2) is 35.0 Å². The molecule has 0 amide bonds. The molecular weight excluding hydrogens is 196 g/mol. The third-order valence-corrected chi connectivity index (χ3v) is 2.72. The molecule has 1 saturated heterocycles. The van der Waals surface area contributed by atoms with Crippen molar-refractivity contribution in [2.24, 2.45) is 11.7 Å². The maximum absolute atomic E-state index is 8.84. The van der Waals surface area contributed by atoms with Gasteiger partial charge in [0.15, 0.2) is 0 Å². The number of aromatic nitrogens is 2. The fourth-order valence-electron chi connectivity index (χ4n) is 1.88. The molecule has 1 aromatic heterocycles. The van der Waals surface area contributed by atoms with E-state index in [-0.39, 0.29) is 13.2 Å². The lowest BCUT2D eigenvalue weighted by molar-refractivity contribution is 0.263. The number of nitrogens with zero attached hydrogens (tertiary/aromatic N) is 3. The molecule has 1 aliphatic rings. The molecule has 2 heterocycles. The molecule has 0 saturated carbocycles. The highest BCUT2D eigenvalue weighted by Gasteiger charge is 2.25. The Bertz CT molecular complexity index is 315. The van der Waals surface area contributed by atoms with Gasteiger partial charge in [0.1, 0.15) is 0 Å². The average Bonchev–Trinajstić information content (AvgIpc) is 2.85. The molecule has 0 aliphatic carbocycles. The topological polar surface area (TPSA) is 88.4 Å². The largest absolute Gasteiger partial charge is 0.407 e. The van der Waals surface area contributed by atoms with Gasteiger partial charge in [0.2, 0.25) is 5.89 Å². The first kappa shape index (κ1) is 10.4. The highest BCUT2D eigenvalue weighted by Crippen LogP contribution is 2.24. The van der Waals surface area contributed by atoms with Gasteiger partial charge in [-0.05, 0) is 18.8 Å². The molecule has 1 atom stereocenters. The van der Waals surface area contributed by atoms with E-state index >= 15 is 0 Å². The monoisotopic (exact) mass is 212 g/mol. The van der Waals surface area contributed by atoms with Crippen LogP contribution in [0.1, 0.15) is 18.7 Å². The van der Waals surface area contributed by atoms with Crippen molar-refractivity contribution in [3.63, 3.8) is 0 Å². The summed E-state index contributed by atoms with van der Waals surface area (Å²) in [7, 11) is 0. The summed E-state index contributed by atoms with van der Waals surface area (Å²) in [5.41, 5.74) is 5.39. The number of hydrogen-bond acceptors (Lipinski definition) is 6. The normalized spacial score (nSPS) is 21.2. The minimum atomic E-state index is 0.246. The van der Waals surface area contributed by atoms with Crippen LogP contribution in [0.4, 0.5) is 6.01 Å². The number of nitrogens with two attached hydrogens (primary N) is 1. The van der Waals surface area contributed by atoms with Crippen LogP contribution in [0, 0.1) is 5.92 Å². The van der Waals surface area contributed by atoms with Crippen molar-refractivity contribution >= 4 is 6.01 Å².